The predicted octanol–water partition coefficient (Wildman–Crippen LogP) is 4.41. The van der Waals surface area contributed by atoms with Crippen LogP contribution in [0.4, 0.5) is 0 Å². The van der Waals surface area contributed by atoms with Crippen LogP contribution in [0.1, 0.15) is 52.5 Å². The quantitative estimate of drug-likeness (QED) is 0.819. The van der Waals surface area contributed by atoms with E-state index in [1.807, 2.05) is 11.3 Å². The minimum absolute atomic E-state index is 0.954. The summed E-state index contributed by atoms with van der Waals surface area (Å²) in [5.41, 5.74) is 5.34. The van der Waals surface area contributed by atoms with Crippen molar-refractivity contribution in [2.75, 3.05) is 6.54 Å². The molecule has 0 amide bonds. The van der Waals surface area contributed by atoms with Gasteiger partial charge in [0, 0.05) is 17.8 Å². The summed E-state index contributed by atoms with van der Waals surface area (Å²) < 4.78 is 0. The molecule has 0 aliphatic heterocycles. The maximum Gasteiger partial charge on any atom is 0.0975 e. The number of nitrogens with zero attached hydrogens (tertiary/aromatic N) is 1. The van der Waals surface area contributed by atoms with E-state index in [1.54, 1.807) is 0 Å². The highest BCUT2D eigenvalue weighted by molar-refractivity contribution is 7.11. The van der Waals surface area contributed by atoms with Crippen molar-refractivity contribution in [3.05, 3.63) is 50.5 Å². The lowest BCUT2D eigenvalue weighted by molar-refractivity contribution is 0.723. The highest BCUT2D eigenvalue weighted by Gasteiger charge is 2.11. The second-order valence-electron chi connectivity index (χ2n) is 5.68. The van der Waals surface area contributed by atoms with Crippen molar-refractivity contribution < 1.29 is 0 Å². The van der Waals surface area contributed by atoms with Crippen molar-refractivity contribution in [2.45, 2.75) is 53.5 Å². The van der Waals surface area contributed by atoms with Gasteiger partial charge in [-0.25, -0.2) is 4.98 Å². The van der Waals surface area contributed by atoms with E-state index in [2.05, 4.69) is 51.2 Å². The lowest BCUT2D eigenvalue weighted by atomic mass is 10.1. The Morgan fingerprint density at radius 2 is 1.81 bits per heavy atom. The van der Waals surface area contributed by atoms with E-state index in [-0.39, 0.29) is 0 Å². The lowest BCUT2D eigenvalue weighted by Crippen LogP contribution is -2.11. The van der Waals surface area contributed by atoms with Crippen LogP contribution in [0.3, 0.4) is 0 Å². The van der Waals surface area contributed by atoms with E-state index >= 15 is 0 Å². The van der Waals surface area contributed by atoms with E-state index in [9.17, 15) is 0 Å². The lowest BCUT2D eigenvalue weighted by Gasteiger charge is -2.02. The summed E-state index contributed by atoms with van der Waals surface area (Å²) in [5, 5.41) is 4.68. The predicted molar refractivity (Wildman–Crippen MR) is 92.2 cm³/mol. The molecule has 2 rings (SSSR count). The number of thiazole rings is 1. The van der Waals surface area contributed by atoms with Crippen LogP contribution < -0.4 is 5.32 Å². The van der Waals surface area contributed by atoms with Crippen LogP contribution in [0.25, 0.3) is 0 Å². The van der Waals surface area contributed by atoms with Gasteiger partial charge in [0.05, 0.1) is 10.7 Å². The summed E-state index contributed by atoms with van der Waals surface area (Å²) in [4.78, 5) is 6.30. The first-order valence-electron chi connectivity index (χ1n) is 7.87. The number of hydrogen-bond donors (Lipinski definition) is 1. The maximum atomic E-state index is 4.89. The standard InChI is InChI=1S/C18H26N2S/c1-5-7-16-17(12-19-6-2)21-18(20-16)11-15-9-13(3)8-14(4)10-15/h8-10,19H,5-7,11-12H2,1-4H3. The molecule has 2 nitrogen and oxygen atoms in total. The topological polar surface area (TPSA) is 24.9 Å². The molecule has 1 heterocycles. The van der Waals surface area contributed by atoms with Crippen LogP contribution >= 0.6 is 11.3 Å². The molecule has 2 aromatic rings. The molecule has 1 aromatic heterocycles. The normalized spacial score (nSPS) is 11.0. The molecule has 0 atom stereocenters. The Hall–Kier alpha value is -1.19. The van der Waals surface area contributed by atoms with Crippen LogP contribution in [0.2, 0.25) is 0 Å². The van der Waals surface area contributed by atoms with Gasteiger partial charge in [-0.05, 0) is 32.4 Å². The van der Waals surface area contributed by atoms with E-state index in [0.717, 1.165) is 32.4 Å². The number of rotatable bonds is 7. The fraction of sp³-hybridized carbons (Fsp3) is 0.500. The van der Waals surface area contributed by atoms with Crippen molar-refractivity contribution in [3.8, 4) is 0 Å². The van der Waals surface area contributed by atoms with E-state index in [1.165, 1.54) is 32.3 Å². The van der Waals surface area contributed by atoms with Gasteiger partial charge in [0.25, 0.3) is 0 Å². The molecule has 0 unspecified atom stereocenters. The van der Waals surface area contributed by atoms with Crippen molar-refractivity contribution in [3.63, 3.8) is 0 Å². The van der Waals surface area contributed by atoms with Crippen LogP contribution in [0.15, 0.2) is 18.2 Å². The fourth-order valence-electron chi connectivity index (χ4n) is 2.67. The molecule has 3 heteroatoms. The zero-order chi connectivity index (χ0) is 15.2. The average Bonchev–Trinajstić information content (AvgIpc) is 2.77. The first-order chi connectivity index (χ1) is 10.1. The number of aromatic nitrogens is 1. The van der Waals surface area contributed by atoms with E-state index in [0.29, 0.717) is 0 Å². The molecular weight excluding hydrogens is 276 g/mol. The monoisotopic (exact) mass is 302 g/mol. The summed E-state index contributed by atoms with van der Waals surface area (Å²) >= 11 is 1.87. The Bertz CT molecular complexity index is 567. The van der Waals surface area contributed by atoms with Gasteiger partial charge < -0.3 is 5.32 Å². The van der Waals surface area contributed by atoms with Crippen LogP contribution in [0.5, 0.6) is 0 Å². The van der Waals surface area contributed by atoms with Crippen LogP contribution in [-0.4, -0.2) is 11.5 Å². The third-order valence-electron chi connectivity index (χ3n) is 3.48. The summed E-state index contributed by atoms with van der Waals surface area (Å²) in [6.07, 6.45) is 3.20. The minimum Gasteiger partial charge on any atom is -0.312 e. The van der Waals surface area contributed by atoms with Crippen molar-refractivity contribution in [1.82, 2.24) is 10.3 Å². The Labute approximate surface area is 132 Å². The molecule has 0 aliphatic carbocycles. The fourth-order valence-corrected chi connectivity index (χ4v) is 3.79. The molecule has 0 fully saturated rings. The number of benzene rings is 1. The molecule has 0 aliphatic rings. The van der Waals surface area contributed by atoms with Crippen molar-refractivity contribution in [2.24, 2.45) is 0 Å². The second-order valence-corrected chi connectivity index (χ2v) is 6.85. The van der Waals surface area contributed by atoms with Crippen molar-refractivity contribution >= 4 is 11.3 Å². The van der Waals surface area contributed by atoms with E-state index in [4.69, 9.17) is 4.98 Å². The first-order valence-corrected chi connectivity index (χ1v) is 8.69. The highest BCUT2D eigenvalue weighted by Crippen LogP contribution is 2.23. The number of hydrogen-bond acceptors (Lipinski definition) is 3. The third-order valence-corrected chi connectivity index (χ3v) is 4.58. The van der Waals surface area contributed by atoms with Gasteiger partial charge in [-0.2, -0.15) is 0 Å². The largest absolute Gasteiger partial charge is 0.312 e. The molecule has 21 heavy (non-hydrogen) atoms. The van der Waals surface area contributed by atoms with Gasteiger partial charge in [0.15, 0.2) is 0 Å². The summed E-state index contributed by atoms with van der Waals surface area (Å²) in [6.45, 7) is 10.7. The van der Waals surface area contributed by atoms with Gasteiger partial charge in [0.2, 0.25) is 0 Å². The van der Waals surface area contributed by atoms with Gasteiger partial charge in [-0.1, -0.05) is 49.6 Å². The molecule has 114 valence electrons. The maximum absolute atomic E-state index is 4.89. The van der Waals surface area contributed by atoms with Gasteiger partial charge in [-0.15, -0.1) is 11.3 Å². The molecule has 1 aromatic carbocycles. The van der Waals surface area contributed by atoms with Gasteiger partial charge in [0.1, 0.15) is 0 Å². The van der Waals surface area contributed by atoms with Gasteiger partial charge in [-0.3, -0.25) is 0 Å². The number of aryl methyl sites for hydroxylation is 3. The first kappa shape index (κ1) is 16.2. The molecular formula is C18H26N2S. The Balaban J connectivity index is 2.18. The molecule has 1 N–H and O–H groups in total. The molecule has 0 saturated heterocycles. The second kappa shape index (κ2) is 7.71. The van der Waals surface area contributed by atoms with Crippen LogP contribution in [-0.2, 0) is 19.4 Å². The van der Waals surface area contributed by atoms with Crippen molar-refractivity contribution in [1.29, 1.82) is 0 Å². The summed E-state index contributed by atoms with van der Waals surface area (Å²) in [5.74, 6) is 0. The van der Waals surface area contributed by atoms with Crippen LogP contribution in [0, 0.1) is 13.8 Å². The Kier molecular flexibility index (Phi) is 5.95. The Morgan fingerprint density at radius 1 is 1.10 bits per heavy atom. The molecule has 0 saturated carbocycles. The number of nitrogens with one attached hydrogen (secondary N) is 1. The Morgan fingerprint density at radius 3 is 2.43 bits per heavy atom. The van der Waals surface area contributed by atoms with E-state index < -0.39 is 0 Å². The SMILES string of the molecule is CCCc1nc(Cc2cc(C)cc(C)c2)sc1CNCC. The molecule has 0 radical (unpaired) electrons. The smallest absolute Gasteiger partial charge is 0.0975 e. The zero-order valence-corrected chi connectivity index (χ0v) is 14.4. The summed E-state index contributed by atoms with van der Waals surface area (Å²) in [7, 11) is 0. The minimum atomic E-state index is 0.954. The zero-order valence-electron chi connectivity index (χ0n) is 13.6. The molecule has 0 spiro atoms. The highest BCUT2D eigenvalue weighted by atomic mass is 32.1. The van der Waals surface area contributed by atoms with Gasteiger partial charge >= 0.3 is 0 Å². The third kappa shape index (κ3) is 4.65. The molecule has 0 bridgehead atoms. The summed E-state index contributed by atoms with van der Waals surface area (Å²) in [6, 6.07) is 6.78. The average molecular weight is 302 g/mol.